The Hall–Kier alpha value is -2.42. The van der Waals surface area contributed by atoms with E-state index in [1.165, 1.54) is 5.56 Å². The maximum absolute atomic E-state index is 10.9. The molecule has 2 heteroatoms. The molecule has 0 spiro atoms. The molecule has 23 heavy (non-hydrogen) atoms. The number of aliphatic hydroxyl groups is 1. The van der Waals surface area contributed by atoms with Gasteiger partial charge in [0, 0.05) is 11.1 Å². The zero-order valence-corrected chi connectivity index (χ0v) is 13.0. The molecule has 0 aliphatic carbocycles. The van der Waals surface area contributed by atoms with Gasteiger partial charge in [0.15, 0.2) is 0 Å². The Labute approximate surface area is 137 Å². The summed E-state index contributed by atoms with van der Waals surface area (Å²) in [5.41, 5.74) is 3.35. The van der Waals surface area contributed by atoms with Gasteiger partial charge in [-0.3, -0.25) is 0 Å². The Morgan fingerprint density at radius 1 is 0.652 bits per heavy atom. The lowest BCUT2D eigenvalue weighted by atomic mass is 9.95. The van der Waals surface area contributed by atoms with Crippen LogP contribution >= 0.6 is 0 Å². The summed E-state index contributed by atoms with van der Waals surface area (Å²) in [5.74, 6) is 0. The quantitative estimate of drug-likeness (QED) is 0.721. The molecule has 2 atom stereocenters. The molecular formula is C21H22NO+. The second kappa shape index (κ2) is 7.73. The summed E-state index contributed by atoms with van der Waals surface area (Å²) in [4.78, 5) is 0. The Bertz CT molecular complexity index is 698. The fourth-order valence-corrected chi connectivity index (χ4v) is 2.86. The molecule has 0 bridgehead atoms. The summed E-state index contributed by atoms with van der Waals surface area (Å²) in [6, 6.07) is 30.4. The van der Waals surface area contributed by atoms with Crippen molar-refractivity contribution in [3.8, 4) is 0 Å². The average Bonchev–Trinajstić information content (AvgIpc) is 2.64. The zero-order chi connectivity index (χ0) is 15.9. The molecule has 2 nitrogen and oxygen atoms in total. The van der Waals surface area contributed by atoms with Crippen molar-refractivity contribution in [3.63, 3.8) is 0 Å². The third kappa shape index (κ3) is 4.07. The van der Waals surface area contributed by atoms with Crippen molar-refractivity contribution in [2.45, 2.75) is 18.7 Å². The van der Waals surface area contributed by atoms with E-state index in [-0.39, 0.29) is 6.04 Å². The highest BCUT2D eigenvalue weighted by molar-refractivity contribution is 5.24. The van der Waals surface area contributed by atoms with Crippen molar-refractivity contribution in [2.75, 3.05) is 0 Å². The Morgan fingerprint density at radius 2 is 1.13 bits per heavy atom. The average molecular weight is 304 g/mol. The lowest BCUT2D eigenvalue weighted by Gasteiger charge is -2.22. The monoisotopic (exact) mass is 304 g/mol. The van der Waals surface area contributed by atoms with Crippen LogP contribution in [0.3, 0.4) is 0 Å². The van der Waals surface area contributed by atoms with Gasteiger partial charge in [-0.25, -0.2) is 0 Å². The summed E-state index contributed by atoms with van der Waals surface area (Å²) in [7, 11) is 0. The predicted octanol–water partition coefficient (Wildman–Crippen LogP) is 3.22. The molecule has 0 aliphatic heterocycles. The lowest BCUT2D eigenvalue weighted by Crippen LogP contribution is -2.84. The Balaban J connectivity index is 1.82. The largest absolute Gasteiger partial charge is 0.382 e. The number of rotatable bonds is 6. The van der Waals surface area contributed by atoms with Gasteiger partial charge in [0.1, 0.15) is 18.7 Å². The molecule has 0 saturated heterocycles. The summed E-state index contributed by atoms with van der Waals surface area (Å²) in [5, 5.41) is 13.1. The molecule has 0 fully saturated rings. The van der Waals surface area contributed by atoms with Crippen LogP contribution < -0.4 is 5.32 Å². The zero-order valence-electron chi connectivity index (χ0n) is 13.0. The fraction of sp³-hybridized carbons (Fsp3) is 0.143. The van der Waals surface area contributed by atoms with Crippen molar-refractivity contribution >= 4 is 0 Å². The first-order chi connectivity index (χ1) is 11.3. The number of hydrogen-bond donors (Lipinski definition) is 2. The number of hydrogen-bond acceptors (Lipinski definition) is 1. The van der Waals surface area contributed by atoms with Crippen LogP contribution in [0.15, 0.2) is 91.0 Å². The first-order valence-electron chi connectivity index (χ1n) is 8.00. The van der Waals surface area contributed by atoms with Crippen LogP contribution in [-0.4, -0.2) is 5.11 Å². The van der Waals surface area contributed by atoms with E-state index >= 15 is 0 Å². The molecule has 0 saturated carbocycles. The Kier molecular flexibility index (Phi) is 5.20. The number of aliphatic hydroxyl groups excluding tert-OH is 1. The van der Waals surface area contributed by atoms with Crippen LogP contribution in [0.2, 0.25) is 0 Å². The van der Waals surface area contributed by atoms with Gasteiger partial charge in [-0.2, -0.15) is 0 Å². The number of benzene rings is 3. The molecule has 0 radical (unpaired) electrons. The van der Waals surface area contributed by atoms with Crippen molar-refractivity contribution < 1.29 is 10.4 Å². The molecular weight excluding hydrogens is 282 g/mol. The maximum atomic E-state index is 10.9. The van der Waals surface area contributed by atoms with Crippen molar-refractivity contribution in [3.05, 3.63) is 108 Å². The van der Waals surface area contributed by atoms with Crippen molar-refractivity contribution in [1.29, 1.82) is 0 Å². The van der Waals surface area contributed by atoms with E-state index < -0.39 is 6.10 Å². The van der Waals surface area contributed by atoms with Crippen LogP contribution in [0.25, 0.3) is 0 Å². The van der Waals surface area contributed by atoms with Crippen LogP contribution in [0.4, 0.5) is 0 Å². The Morgan fingerprint density at radius 3 is 1.70 bits per heavy atom. The second-order valence-corrected chi connectivity index (χ2v) is 5.72. The molecule has 3 aromatic rings. The second-order valence-electron chi connectivity index (χ2n) is 5.72. The van der Waals surface area contributed by atoms with Crippen LogP contribution in [-0.2, 0) is 6.54 Å². The van der Waals surface area contributed by atoms with Crippen molar-refractivity contribution in [1.82, 2.24) is 0 Å². The topological polar surface area (TPSA) is 36.8 Å². The molecule has 0 amide bonds. The molecule has 3 N–H and O–H groups in total. The predicted molar refractivity (Wildman–Crippen MR) is 92.7 cm³/mol. The highest BCUT2D eigenvalue weighted by atomic mass is 16.3. The van der Waals surface area contributed by atoms with Gasteiger partial charge in [0.25, 0.3) is 0 Å². The van der Waals surface area contributed by atoms with Gasteiger partial charge in [-0.1, -0.05) is 91.0 Å². The van der Waals surface area contributed by atoms with E-state index in [1.807, 2.05) is 66.7 Å². The summed E-state index contributed by atoms with van der Waals surface area (Å²) < 4.78 is 0. The minimum Gasteiger partial charge on any atom is -0.382 e. The summed E-state index contributed by atoms with van der Waals surface area (Å²) in [6.07, 6.45) is -0.540. The SMILES string of the molecule is O[C@@H](c1ccccc1)[C@H]([NH2+]Cc1ccccc1)c1ccccc1. The summed E-state index contributed by atoms with van der Waals surface area (Å²) in [6.45, 7) is 0.838. The van der Waals surface area contributed by atoms with Crippen LogP contribution in [0, 0.1) is 0 Å². The highest BCUT2D eigenvalue weighted by Gasteiger charge is 2.25. The molecule has 0 heterocycles. The van der Waals surface area contributed by atoms with E-state index in [2.05, 4.69) is 29.6 Å². The fourth-order valence-electron chi connectivity index (χ4n) is 2.86. The third-order valence-electron chi connectivity index (χ3n) is 4.12. The van der Waals surface area contributed by atoms with Gasteiger partial charge in [-0.05, 0) is 5.56 Å². The summed E-state index contributed by atoms with van der Waals surface area (Å²) >= 11 is 0. The first kappa shape index (κ1) is 15.5. The minimum absolute atomic E-state index is 0.0289. The first-order valence-corrected chi connectivity index (χ1v) is 8.00. The molecule has 0 aliphatic rings. The molecule has 0 aromatic heterocycles. The van der Waals surface area contributed by atoms with Gasteiger partial charge in [-0.15, -0.1) is 0 Å². The smallest absolute Gasteiger partial charge is 0.142 e. The van der Waals surface area contributed by atoms with Gasteiger partial charge >= 0.3 is 0 Å². The van der Waals surface area contributed by atoms with Gasteiger partial charge in [0.05, 0.1) is 0 Å². The van der Waals surface area contributed by atoms with E-state index in [0.29, 0.717) is 0 Å². The normalized spacial score (nSPS) is 13.4. The number of nitrogens with two attached hydrogens (primary N) is 1. The molecule has 0 unspecified atom stereocenters. The minimum atomic E-state index is -0.540. The van der Waals surface area contributed by atoms with E-state index in [4.69, 9.17) is 0 Å². The maximum Gasteiger partial charge on any atom is 0.142 e. The van der Waals surface area contributed by atoms with E-state index in [1.54, 1.807) is 0 Å². The van der Waals surface area contributed by atoms with Gasteiger partial charge in [0.2, 0.25) is 0 Å². The molecule has 116 valence electrons. The third-order valence-corrected chi connectivity index (χ3v) is 4.12. The molecule has 3 aromatic carbocycles. The van der Waals surface area contributed by atoms with Crippen LogP contribution in [0.1, 0.15) is 28.8 Å². The molecule has 3 rings (SSSR count). The highest BCUT2D eigenvalue weighted by Crippen LogP contribution is 2.25. The van der Waals surface area contributed by atoms with E-state index in [0.717, 1.165) is 17.7 Å². The lowest BCUT2D eigenvalue weighted by molar-refractivity contribution is -0.719. The van der Waals surface area contributed by atoms with Crippen molar-refractivity contribution in [2.24, 2.45) is 0 Å². The number of quaternary nitrogens is 1. The van der Waals surface area contributed by atoms with Gasteiger partial charge < -0.3 is 10.4 Å². The van der Waals surface area contributed by atoms with Crippen LogP contribution in [0.5, 0.6) is 0 Å². The standard InChI is InChI=1S/C21H21NO/c23-21(19-14-8-3-9-15-19)20(18-12-6-2-7-13-18)22-16-17-10-4-1-5-11-17/h1-15,20-23H,16H2/p+1/t20-,21+/m1/s1. The van der Waals surface area contributed by atoms with E-state index in [9.17, 15) is 5.11 Å².